The van der Waals surface area contributed by atoms with Gasteiger partial charge in [-0.15, -0.1) is 0 Å². The summed E-state index contributed by atoms with van der Waals surface area (Å²) in [5.74, 6) is -2.10. The first kappa shape index (κ1) is 12.3. The summed E-state index contributed by atoms with van der Waals surface area (Å²) in [6.45, 7) is 0. The van der Waals surface area contributed by atoms with Gasteiger partial charge in [0.15, 0.2) is 0 Å². The van der Waals surface area contributed by atoms with Crippen LogP contribution in [0.25, 0.3) is 31.3 Å². The molecule has 11 nitrogen and oxygen atoms in total. The first-order valence-corrected chi connectivity index (χ1v) is 3.36. The lowest BCUT2D eigenvalue weighted by molar-refractivity contribution is -0.124. The monoisotopic (exact) mass is 209 g/mol. The molecule has 1 atom stereocenters. The molecule has 11 heteroatoms. The lowest BCUT2D eigenvalue weighted by Gasteiger charge is -2.01. The van der Waals surface area contributed by atoms with Gasteiger partial charge in [-0.1, -0.05) is 5.11 Å². The minimum Gasteiger partial charge on any atom is -0.293 e. The zero-order chi connectivity index (χ0) is 11.7. The molecule has 0 aliphatic carbocycles. The van der Waals surface area contributed by atoms with Crippen LogP contribution in [0.5, 0.6) is 0 Å². The van der Waals surface area contributed by atoms with Crippen molar-refractivity contribution in [2.24, 2.45) is 15.3 Å². The van der Waals surface area contributed by atoms with Crippen molar-refractivity contribution in [2.75, 3.05) is 0 Å². The molecule has 15 heavy (non-hydrogen) atoms. The largest absolute Gasteiger partial charge is 0.293 e. The third-order valence-electron chi connectivity index (χ3n) is 1.14. The average Bonchev–Trinajstić information content (AvgIpc) is 2.18. The number of amides is 2. The summed E-state index contributed by atoms with van der Waals surface area (Å²) in [4.78, 5) is 28.3. The van der Waals surface area contributed by atoms with Crippen molar-refractivity contribution in [2.45, 2.75) is 12.5 Å². The molecule has 0 bridgehead atoms. The highest BCUT2D eigenvalue weighted by molar-refractivity contribution is 5.89. The van der Waals surface area contributed by atoms with Crippen LogP contribution < -0.4 is 0 Å². The molecule has 0 heterocycles. The lowest BCUT2D eigenvalue weighted by Crippen LogP contribution is -2.18. The van der Waals surface area contributed by atoms with Crippen LogP contribution in [0, 0.1) is 0 Å². The lowest BCUT2D eigenvalue weighted by atomic mass is 10.2. The van der Waals surface area contributed by atoms with Gasteiger partial charge in [-0.2, -0.15) is 0 Å². The highest BCUT2D eigenvalue weighted by Crippen LogP contribution is 2.03. The summed E-state index contributed by atoms with van der Waals surface area (Å²) in [7, 11) is 0. The van der Waals surface area contributed by atoms with Gasteiger partial charge in [-0.3, -0.25) is 9.59 Å². The summed E-state index contributed by atoms with van der Waals surface area (Å²) in [6.07, 6.45) is -0.633. The molecule has 0 rings (SSSR count). The van der Waals surface area contributed by atoms with Gasteiger partial charge in [0.2, 0.25) is 11.8 Å². The topological polar surface area (TPSA) is 180 Å². The van der Waals surface area contributed by atoms with Crippen molar-refractivity contribution in [1.29, 1.82) is 0 Å². The van der Waals surface area contributed by atoms with Gasteiger partial charge in [0.25, 0.3) is 0 Å². The molecule has 0 aromatic heterocycles. The Morgan fingerprint density at radius 3 is 2.13 bits per heavy atom. The van der Waals surface area contributed by atoms with Crippen molar-refractivity contribution in [1.82, 2.24) is 0 Å². The summed E-state index contributed by atoms with van der Waals surface area (Å²) < 4.78 is 0. The second-order valence-corrected chi connectivity index (χ2v) is 2.04. The highest BCUT2D eigenvalue weighted by atomic mass is 16.2. The normalized spacial score (nSPS) is 9.87. The van der Waals surface area contributed by atoms with E-state index in [1.807, 2.05) is 0 Å². The quantitative estimate of drug-likeness (QED) is 0.388. The molecule has 0 aliphatic heterocycles. The fraction of sp³-hybridized carbons (Fsp3) is 0.500. The molecule has 2 amide bonds. The molecule has 0 saturated heterocycles. The Balaban J connectivity index is 4.75. The van der Waals surface area contributed by atoms with E-state index in [1.165, 1.54) is 0 Å². The van der Waals surface area contributed by atoms with Gasteiger partial charge in [-0.25, -0.2) is 0 Å². The second-order valence-electron chi connectivity index (χ2n) is 2.04. The molecule has 76 valence electrons. The van der Waals surface area contributed by atoms with Crippen LogP contribution >= 0.6 is 0 Å². The maximum absolute atomic E-state index is 10.9. The maximum atomic E-state index is 10.9. The Morgan fingerprint density at radius 1 is 1.07 bits per heavy atom. The van der Waals surface area contributed by atoms with Gasteiger partial charge >= 0.3 is 0 Å². The van der Waals surface area contributed by atoms with E-state index in [0.29, 0.717) is 0 Å². The fourth-order valence-corrected chi connectivity index (χ4v) is 0.607. The summed E-state index contributed by atoms with van der Waals surface area (Å²) >= 11 is 0. The molecule has 0 spiro atoms. The minimum absolute atomic E-state index is 0.633. The Labute approximate surface area is 81.6 Å². The first-order chi connectivity index (χ1) is 7.15. The van der Waals surface area contributed by atoms with Crippen LogP contribution in [-0.2, 0) is 9.59 Å². The number of hydrogen-bond donors (Lipinski definition) is 0. The molecular weight excluding hydrogens is 206 g/mol. The molecule has 0 radical (unpaired) electrons. The zero-order valence-electron chi connectivity index (χ0n) is 7.13. The van der Waals surface area contributed by atoms with Crippen LogP contribution in [0.4, 0.5) is 0 Å². The molecule has 0 saturated carbocycles. The Bertz CT molecular complexity index is 408. The van der Waals surface area contributed by atoms with Crippen molar-refractivity contribution in [3.05, 3.63) is 31.3 Å². The van der Waals surface area contributed by atoms with E-state index in [9.17, 15) is 9.59 Å². The second kappa shape index (κ2) is 6.75. The van der Waals surface area contributed by atoms with Gasteiger partial charge in [0.1, 0.15) is 6.04 Å². The van der Waals surface area contributed by atoms with Gasteiger partial charge < -0.3 is 0 Å². The fourth-order valence-electron chi connectivity index (χ4n) is 0.607. The van der Waals surface area contributed by atoms with Crippen molar-refractivity contribution < 1.29 is 9.59 Å². The number of carbonyl (C=O) groups excluding carboxylic acids is 2. The van der Waals surface area contributed by atoms with Crippen LogP contribution in [0.15, 0.2) is 15.3 Å². The van der Waals surface area contributed by atoms with Crippen molar-refractivity contribution in [3.8, 4) is 0 Å². The van der Waals surface area contributed by atoms with Crippen LogP contribution in [0.2, 0.25) is 0 Å². The molecule has 1 unspecified atom stereocenters. The first-order valence-electron chi connectivity index (χ1n) is 3.36. The number of carbonyl (C=O) groups is 2. The van der Waals surface area contributed by atoms with Gasteiger partial charge in [-0.05, 0) is 26.8 Å². The Morgan fingerprint density at radius 2 is 1.67 bits per heavy atom. The van der Waals surface area contributed by atoms with E-state index in [2.05, 4.69) is 30.1 Å². The molecule has 0 aliphatic rings. The van der Waals surface area contributed by atoms with E-state index in [4.69, 9.17) is 16.6 Å². The van der Waals surface area contributed by atoms with Gasteiger partial charge in [0, 0.05) is 21.2 Å². The predicted molar refractivity (Wildman–Crippen MR) is 45.9 cm³/mol. The number of rotatable bonds is 4. The van der Waals surface area contributed by atoms with E-state index in [1.54, 1.807) is 0 Å². The summed E-state index contributed by atoms with van der Waals surface area (Å²) in [6, 6.07) is -1.48. The standard InChI is InChI=1S/C4H3N9O2/c5-11-8-2(4(15)10-13-7)1-3(14)9-12-6/h2H,1H2. The maximum Gasteiger partial charge on any atom is 0.228 e. The Hall–Kier alpha value is -2.73. The van der Waals surface area contributed by atoms with E-state index in [0.717, 1.165) is 0 Å². The van der Waals surface area contributed by atoms with Crippen LogP contribution in [0.1, 0.15) is 6.42 Å². The van der Waals surface area contributed by atoms with E-state index < -0.39 is 24.3 Å². The molecule has 0 N–H and O–H groups in total. The molecule has 0 fully saturated rings. The SMILES string of the molecule is [N-]=[N+]=NC(=O)CC(N=[N+]=[N-])C(=O)N=[N+]=[N-]. The van der Waals surface area contributed by atoms with E-state index >= 15 is 0 Å². The number of nitrogens with zero attached hydrogens (tertiary/aromatic N) is 9. The number of azide groups is 3. The highest BCUT2D eigenvalue weighted by Gasteiger charge is 2.18. The van der Waals surface area contributed by atoms with Crippen molar-refractivity contribution >= 4 is 11.8 Å². The zero-order valence-corrected chi connectivity index (χ0v) is 7.13. The van der Waals surface area contributed by atoms with Crippen LogP contribution in [0.3, 0.4) is 0 Å². The summed E-state index contributed by atoms with van der Waals surface area (Å²) in [5.41, 5.74) is 23.9. The van der Waals surface area contributed by atoms with E-state index in [-0.39, 0.29) is 0 Å². The predicted octanol–water partition coefficient (Wildman–Crippen LogP) is 1.73. The molecular formula is C4H3N9O2. The number of hydrogen-bond acceptors (Lipinski definition) is 3. The minimum atomic E-state index is -1.48. The third-order valence-corrected chi connectivity index (χ3v) is 1.14. The average molecular weight is 209 g/mol. The Kier molecular flexibility index (Phi) is 5.52. The van der Waals surface area contributed by atoms with Crippen LogP contribution in [-0.4, -0.2) is 17.9 Å². The van der Waals surface area contributed by atoms with Gasteiger partial charge in [0.05, 0.1) is 0 Å². The third kappa shape index (κ3) is 4.76. The summed E-state index contributed by atoms with van der Waals surface area (Å²) in [5, 5.41) is 8.23. The molecule has 0 aromatic rings. The molecule has 0 aromatic carbocycles. The smallest absolute Gasteiger partial charge is 0.228 e. The van der Waals surface area contributed by atoms with Crippen molar-refractivity contribution in [3.63, 3.8) is 0 Å².